The molecule has 0 aliphatic carbocycles. The fraction of sp³-hybridized carbons (Fsp3) is 0.745. The molecule has 7 amide bonds. The Hall–Kier alpha value is -5.46. The second-order valence-electron chi connectivity index (χ2n) is 20.8. The molecular formula is C55H94N8O15. The van der Waals surface area contributed by atoms with E-state index in [1.807, 2.05) is 71.9 Å². The molecule has 0 saturated carbocycles. The summed E-state index contributed by atoms with van der Waals surface area (Å²) in [5, 5.41) is 35.6. The minimum Gasteiger partial charge on any atom is -0.464 e. The Labute approximate surface area is 462 Å². The first-order valence-corrected chi connectivity index (χ1v) is 27.5. The highest BCUT2D eigenvalue weighted by molar-refractivity contribution is 5.91. The number of alkyl carbamates (subject to hydrolysis) is 1. The first-order valence-electron chi connectivity index (χ1n) is 27.5. The summed E-state index contributed by atoms with van der Waals surface area (Å²) in [6.07, 6.45) is -1.95. The predicted octanol–water partition coefficient (Wildman–Crippen LogP) is 1.80. The van der Waals surface area contributed by atoms with Crippen LogP contribution < -0.4 is 31.9 Å². The molecule has 3 unspecified atom stereocenters. The van der Waals surface area contributed by atoms with E-state index in [1.165, 1.54) is 21.1 Å². The van der Waals surface area contributed by atoms with Crippen LogP contribution in [0, 0.1) is 23.7 Å². The number of likely N-dealkylation sites (tertiary alicyclic amines) is 1. The van der Waals surface area contributed by atoms with Crippen LogP contribution in [0.5, 0.6) is 0 Å². The molecule has 1 aliphatic heterocycles. The van der Waals surface area contributed by atoms with Crippen LogP contribution in [-0.2, 0) is 63.7 Å². The number of esters is 1. The van der Waals surface area contributed by atoms with Crippen molar-refractivity contribution in [1.82, 2.24) is 41.7 Å². The highest BCUT2D eigenvalue weighted by Crippen LogP contribution is 2.30. The number of benzene rings is 1. The molecular weight excluding hydrogens is 1010 g/mol. The van der Waals surface area contributed by atoms with Crippen molar-refractivity contribution in [3.05, 3.63) is 35.9 Å². The maximum absolute atomic E-state index is 14.4. The van der Waals surface area contributed by atoms with Crippen molar-refractivity contribution in [2.75, 3.05) is 67.8 Å². The molecule has 1 fully saturated rings. The second kappa shape index (κ2) is 35.9. The van der Waals surface area contributed by atoms with Crippen LogP contribution in [0.15, 0.2) is 30.3 Å². The van der Waals surface area contributed by atoms with Gasteiger partial charge in [0.15, 0.2) is 6.29 Å². The molecule has 78 heavy (non-hydrogen) atoms. The number of ether oxygens (including phenoxy) is 5. The Bertz CT molecular complexity index is 2010. The number of likely N-dealkylation sites (N-methyl/N-ethyl adjacent to an activating group) is 2. The topological polar surface area (TPSA) is 302 Å². The third-order valence-corrected chi connectivity index (χ3v) is 14.2. The number of carbonyl (C=O) groups excluding carboxylic acids is 8. The van der Waals surface area contributed by atoms with Crippen molar-refractivity contribution >= 4 is 47.5 Å². The van der Waals surface area contributed by atoms with Crippen LogP contribution >= 0.6 is 0 Å². The van der Waals surface area contributed by atoms with E-state index in [0.717, 1.165) is 5.56 Å². The van der Waals surface area contributed by atoms with Crippen molar-refractivity contribution in [3.63, 3.8) is 0 Å². The lowest BCUT2D eigenvalue weighted by Crippen LogP contribution is -2.59. The molecule has 12 atom stereocenters. The van der Waals surface area contributed by atoms with E-state index in [9.17, 15) is 43.5 Å². The van der Waals surface area contributed by atoms with E-state index in [1.54, 1.807) is 37.7 Å². The lowest BCUT2D eigenvalue weighted by Gasteiger charge is -2.41. The van der Waals surface area contributed by atoms with Gasteiger partial charge in [0.1, 0.15) is 24.7 Å². The molecule has 1 aromatic carbocycles. The number of nitrogens with zero attached hydrogens (tertiary/aromatic N) is 2. The average Bonchev–Trinajstić information content (AvgIpc) is 3.90. The minimum atomic E-state index is -1.44. The van der Waals surface area contributed by atoms with Gasteiger partial charge in [0.25, 0.3) is 0 Å². The number of hydrogen-bond donors (Lipinski definition) is 8. The van der Waals surface area contributed by atoms with E-state index in [0.29, 0.717) is 32.2 Å². The van der Waals surface area contributed by atoms with Crippen molar-refractivity contribution < 1.29 is 72.3 Å². The molecule has 0 radical (unpaired) electrons. The standard InChI is InChI=1S/C55H94N8O15/c1-14-35(7)48(62(11)53(71)47(34(5)6)61-52(70)46(56-10)33(3)4)42(74-12)30-44(66)63-27-19-23-41(63)49(75-13)36(8)50(68)60-40(29-38-21-17-16-18-22-38)51(69)57-25-20-28-76-54(72)37(9)59-43(65)24-26-58-55(73)77-32-45(67)78-39(15-2)31-64/h16-18,21-22,33-37,39-42,45-49,56,64,67H,14-15,19-20,23-32H2,1-13H3,(H,57,69)(H,58,73)(H,59,65)(H,60,68)(H,61,70)/t35?,36-,37+,39?,40+,41+,42-,45?,46+,47+,48+,49-/m1/s1. The summed E-state index contributed by atoms with van der Waals surface area (Å²) in [6, 6.07) is 4.81. The fourth-order valence-corrected chi connectivity index (χ4v) is 9.49. The Morgan fingerprint density at radius 3 is 2.05 bits per heavy atom. The first kappa shape index (κ1) is 68.6. The molecule has 0 bridgehead atoms. The molecule has 444 valence electrons. The molecule has 1 aliphatic rings. The smallest absolute Gasteiger partial charge is 0.407 e. The number of methoxy groups -OCH3 is 2. The third kappa shape index (κ3) is 22.4. The van der Waals surface area contributed by atoms with E-state index < -0.39 is 103 Å². The lowest BCUT2D eigenvalue weighted by molar-refractivity contribution is -0.165. The van der Waals surface area contributed by atoms with Crippen LogP contribution in [-0.4, -0.2) is 196 Å². The number of amides is 7. The van der Waals surface area contributed by atoms with Crippen LogP contribution in [0.3, 0.4) is 0 Å². The molecule has 0 spiro atoms. The van der Waals surface area contributed by atoms with Gasteiger partial charge in [-0.1, -0.05) is 92.1 Å². The summed E-state index contributed by atoms with van der Waals surface area (Å²) < 4.78 is 27.3. The number of rotatable bonds is 36. The Morgan fingerprint density at radius 1 is 0.808 bits per heavy atom. The van der Waals surface area contributed by atoms with Gasteiger partial charge in [0.05, 0.1) is 62.0 Å². The molecule has 1 saturated heterocycles. The van der Waals surface area contributed by atoms with E-state index in [4.69, 9.17) is 28.8 Å². The lowest BCUT2D eigenvalue weighted by atomic mass is 9.89. The Balaban J connectivity index is 2.06. The minimum absolute atomic E-state index is 0.0115. The fourth-order valence-electron chi connectivity index (χ4n) is 9.49. The summed E-state index contributed by atoms with van der Waals surface area (Å²) in [7, 11) is 6.41. The second-order valence-corrected chi connectivity index (χ2v) is 20.8. The monoisotopic (exact) mass is 1110 g/mol. The number of nitrogens with one attached hydrogen (secondary N) is 6. The zero-order chi connectivity index (χ0) is 58.6. The molecule has 23 nitrogen and oxygen atoms in total. The van der Waals surface area contributed by atoms with Gasteiger partial charge in [-0.25, -0.2) is 9.59 Å². The van der Waals surface area contributed by atoms with Crippen LogP contribution in [0.4, 0.5) is 4.79 Å². The van der Waals surface area contributed by atoms with E-state index in [-0.39, 0.29) is 87.5 Å². The van der Waals surface area contributed by atoms with Gasteiger partial charge in [-0.15, -0.1) is 0 Å². The largest absolute Gasteiger partial charge is 0.464 e. The molecule has 23 heteroatoms. The summed E-state index contributed by atoms with van der Waals surface area (Å²) in [5.74, 6) is -4.15. The van der Waals surface area contributed by atoms with Gasteiger partial charge in [-0.3, -0.25) is 28.8 Å². The summed E-state index contributed by atoms with van der Waals surface area (Å²) in [5.41, 5.74) is 0.793. The van der Waals surface area contributed by atoms with E-state index in [2.05, 4.69) is 31.9 Å². The highest BCUT2D eigenvalue weighted by atomic mass is 16.6. The van der Waals surface area contributed by atoms with Crippen LogP contribution in [0.1, 0.15) is 113 Å². The van der Waals surface area contributed by atoms with Crippen LogP contribution in [0.2, 0.25) is 0 Å². The van der Waals surface area contributed by atoms with Gasteiger partial charge in [-0.05, 0) is 63.0 Å². The number of carbonyl (C=O) groups is 8. The maximum Gasteiger partial charge on any atom is 0.407 e. The van der Waals surface area contributed by atoms with Crippen molar-refractivity contribution in [2.24, 2.45) is 23.7 Å². The predicted molar refractivity (Wildman–Crippen MR) is 291 cm³/mol. The van der Waals surface area contributed by atoms with Crippen molar-refractivity contribution in [1.29, 1.82) is 0 Å². The zero-order valence-corrected chi connectivity index (χ0v) is 48.5. The summed E-state index contributed by atoms with van der Waals surface area (Å²) in [4.78, 5) is 110. The normalized spacial score (nSPS) is 17.7. The molecule has 8 N–H and O–H groups in total. The molecule has 1 aromatic rings. The molecule has 1 heterocycles. The van der Waals surface area contributed by atoms with Crippen molar-refractivity contribution in [2.45, 2.75) is 175 Å². The van der Waals surface area contributed by atoms with E-state index >= 15 is 0 Å². The third-order valence-electron chi connectivity index (χ3n) is 14.2. The average molecular weight is 1110 g/mol. The van der Waals surface area contributed by atoms with Crippen LogP contribution in [0.25, 0.3) is 0 Å². The number of hydrogen-bond acceptors (Lipinski definition) is 16. The van der Waals surface area contributed by atoms with Gasteiger partial charge < -0.3 is 75.6 Å². The Morgan fingerprint density at radius 2 is 1.47 bits per heavy atom. The SMILES string of the molecule is CCC(CO)OC(O)COC(=O)NCCC(=O)N[C@@H](C)C(=O)OCCCNC(=O)[C@H](Cc1ccccc1)NC(=O)[C@H](C)[C@@H](OC)[C@@H]1CCCN1C(=O)C[C@@H](OC)[C@H](C(C)CC)N(C)C(=O)[C@@H](NC(=O)[C@@H](NC)C(C)C)C(C)C. The molecule has 2 rings (SSSR count). The van der Waals surface area contributed by atoms with Gasteiger partial charge in [-0.2, -0.15) is 0 Å². The quantitative estimate of drug-likeness (QED) is 0.0270. The van der Waals surface area contributed by atoms with Gasteiger partial charge in [0.2, 0.25) is 35.4 Å². The zero-order valence-electron chi connectivity index (χ0n) is 48.5. The summed E-state index contributed by atoms with van der Waals surface area (Å²) >= 11 is 0. The summed E-state index contributed by atoms with van der Waals surface area (Å²) in [6.45, 7) is 16.0. The first-order chi connectivity index (χ1) is 37.0. The van der Waals surface area contributed by atoms with Gasteiger partial charge in [0, 0.05) is 53.7 Å². The van der Waals surface area contributed by atoms with Crippen molar-refractivity contribution in [3.8, 4) is 0 Å². The Kier molecular flexibility index (Phi) is 31.6. The van der Waals surface area contributed by atoms with Gasteiger partial charge >= 0.3 is 12.1 Å². The number of aliphatic hydroxyl groups is 2. The molecule has 0 aromatic heterocycles. The maximum atomic E-state index is 14.4. The highest BCUT2D eigenvalue weighted by Gasteiger charge is 2.43. The number of aliphatic hydroxyl groups excluding tert-OH is 2.